The first-order valence-electron chi connectivity index (χ1n) is 9.16. The Balaban J connectivity index is 2.06. The number of aromatic carboxylic acids is 1. The molecule has 0 saturated carbocycles. The van der Waals surface area contributed by atoms with E-state index in [4.69, 9.17) is 5.26 Å². The molecule has 0 aliphatic rings. The van der Waals surface area contributed by atoms with Gasteiger partial charge in [0.2, 0.25) is 5.43 Å². The molecular weight excluding hydrogens is 390 g/mol. The Bertz CT molecular complexity index is 1190. The van der Waals surface area contributed by atoms with Crippen LogP contribution in [-0.4, -0.2) is 15.6 Å². The van der Waals surface area contributed by atoms with Crippen LogP contribution in [0.15, 0.2) is 59.5 Å². The molecule has 0 spiro atoms. The van der Waals surface area contributed by atoms with E-state index in [0.29, 0.717) is 24.2 Å². The number of aromatic nitrogens is 1. The molecule has 7 heteroatoms. The van der Waals surface area contributed by atoms with Crippen LogP contribution in [0.2, 0.25) is 0 Å². The summed E-state index contributed by atoms with van der Waals surface area (Å²) in [6, 6.07) is 14.5. The molecule has 0 amide bonds. The number of hydrogen-bond acceptors (Lipinski definition) is 3. The first-order valence-corrected chi connectivity index (χ1v) is 9.16. The molecule has 0 aliphatic carbocycles. The molecule has 5 nitrogen and oxygen atoms in total. The number of aryl methyl sites for hydroxylation is 2. The number of nitrogens with zero attached hydrogens (tertiary/aromatic N) is 2. The van der Waals surface area contributed by atoms with Crippen molar-refractivity contribution in [3.8, 4) is 17.2 Å². The van der Waals surface area contributed by atoms with E-state index in [1.807, 2.05) is 18.2 Å². The van der Waals surface area contributed by atoms with Gasteiger partial charge in [0.1, 0.15) is 5.56 Å². The van der Waals surface area contributed by atoms with Crippen molar-refractivity contribution in [1.29, 1.82) is 5.26 Å². The van der Waals surface area contributed by atoms with Gasteiger partial charge in [0.25, 0.3) is 6.43 Å². The van der Waals surface area contributed by atoms with Gasteiger partial charge in [-0.2, -0.15) is 5.26 Å². The SMILES string of the molecule is Cc1c(-c2cccc(C(F)F)c2)c(=O)c(C(=O)O)cn1CCc1ccc(C#N)cc1. The van der Waals surface area contributed by atoms with Gasteiger partial charge in [0.15, 0.2) is 0 Å². The first-order chi connectivity index (χ1) is 14.3. The summed E-state index contributed by atoms with van der Waals surface area (Å²) in [6.07, 6.45) is -0.888. The van der Waals surface area contributed by atoms with E-state index in [9.17, 15) is 23.5 Å². The molecule has 3 rings (SSSR count). The van der Waals surface area contributed by atoms with Crippen molar-refractivity contribution in [2.45, 2.75) is 26.3 Å². The zero-order valence-corrected chi connectivity index (χ0v) is 16.1. The third-order valence-electron chi connectivity index (χ3n) is 4.93. The molecule has 152 valence electrons. The molecule has 0 bridgehead atoms. The number of carboxylic acid groups (broad SMARTS) is 1. The zero-order valence-electron chi connectivity index (χ0n) is 16.1. The summed E-state index contributed by atoms with van der Waals surface area (Å²) >= 11 is 0. The van der Waals surface area contributed by atoms with Crippen LogP contribution in [0.5, 0.6) is 0 Å². The monoisotopic (exact) mass is 408 g/mol. The number of alkyl halides is 2. The van der Waals surface area contributed by atoms with Crippen molar-refractivity contribution in [3.63, 3.8) is 0 Å². The van der Waals surface area contributed by atoms with Crippen LogP contribution in [0.4, 0.5) is 8.78 Å². The molecule has 3 aromatic rings. The van der Waals surface area contributed by atoms with E-state index < -0.39 is 23.4 Å². The first kappa shape index (κ1) is 20.9. The maximum Gasteiger partial charge on any atom is 0.341 e. The van der Waals surface area contributed by atoms with Crippen molar-refractivity contribution in [1.82, 2.24) is 4.57 Å². The van der Waals surface area contributed by atoms with Crippen LogP contribution in [0.3, 0.4) is 0 Å². The second-order valence-corrected chi connectivity index (χ2v) is 6.82. The van der Waals surface area contributed by atoms with Crippen LogP contribution in [0.1, 0.15) is 39.2 Å². The van der Waals surface area contributed by atoms with Gasteiger partial charge in [-0.1, -0.05) is 30.3 Å². The lowest BCUT2D eigenvalue weighted by atomic mass is 9.99. The van der Waals surface area contributed by atoms with Gasteiger partial charge in [-0.05, 0) is 42.7 Å². The molecular formula is C23H18F2N2O3. The summed E-state index contributed by atoms with van der Waals surface area (Å²) in [7, 11) is 0. The Morgan fingerprint density at radius 3 is 2.50 bits per heavy atom. The Morgan fingerprint density at radius 1 is 1.20 bits per heavy atom. The fourth-order valence-electron chi connectivity index (χ4n) is 3.30. The largest absolute Gasteiger partial charge is 0.477 e. The summed E-state index contributed by atoms with van der Waals surface area (Å²) < 4.78 is 27.9. The van der Waals surface area contributed by atoms with Gasteiger partial charge in [-0.15, -0.1) is 0 Å². The van der Waals surface area contributed by atoms with Crippen molar-refractivity contribution < 1.29 is 18.7 Å². The predicted octanol–water partition coefficient (Wildman–Crippen LogP) is 4.57. The molecule has 0 atom stereocenters. The number of carbonyl (C=O) groups is 1. The van der Waals surface area contributed by atoms with Gasteiger partial charge >= 0.3 is 5.97 Å². The van der Waals surface area contributed by atoms with Crippen LogP contribution < -0.4 is 5.43 Å². The van der Waals surface area contributed by atoms with E-state index >= 15 is 0 Å². The minimum absolute atomic E-state index is 0.0947. The summed E-state index contributed by atoms with van der Waals surface area (Å²) in [4.78, 5) is 24.4. The van der Waals surface area contributed by atoms with Crippen molar-refractivity contribution in [2.24, 2.45) is 0 Å². The van der Waals surface area contributed by atoms with E-state index in [1.54, 1.807) is 23.6 Å². The standard InChI is InChI=1S/C23H18F2N2O3/c1-14-20(17-3-2-4-18(11-17)22(24)25)21(28)19(23(29)30)13-27(14)10-9-15-5-7-16(12-26)8-6-15/h2-8,11,13,22H,9-10H2,1H3,(H,29,30). The van der Waals surface area contributed by atoms with E-state index in [-0.39, 0.29) is 16.7 Å². The summed E-state index contributed by atoms with van der Waals surface area (Å²) in [6.45, 7) is 2.04. The molecule has 0 unspecified atom stereocenters. The van der Waals surface area contributed by atoms with E-state index in [0.717, 1.165) is 5.56 Å². The fourth-order valence-corrected chi connectivity index (χ4v) is 3.30. The van der Waals surface area contributed by atoms with Crippen LogP contribution in [-0.2, 0) is 13.0 Å². The highest BCUT2D eigenvalue weighted by atomic mass is 19.3. The van der Waals surface area contributed by atoms with Gasteiger partial charge in [0, 0.05) is 29.6 Å². The average molecular weight is 408 g/mol. The number of carboxylic acids is 1. The second-order valence-electron chi connectivity index (χ2n) is 6.82. The third-order valence-corrected chi connectivity index (χ3v) is 4.93. The van der Waals surface area contributed by atoms with E-state index in [2.05, 4.69) is 0 Å². The lowest BCUT2D eigenvalue weighted by Crippen LogP contribution is -2.23. The molecule has 30 heavy (non-hydrogen) atoms. The lowest BCUT2D eigenvalue weighted by Gasteiger charge is -2.17. The van der Waals surface area contributed by atoms with Gasteiger partial charge in [-0.3, -0.25) is 4.79 Å². The predicted molar refractivity (Wildman–Crippen MR) is 108 cm³/mol. The summed E-state index contributed by atoms with van der Waals surface area (Å²) in [5.41, 5.74) is 0.945. The molecule has 0 saturated heterocycles. The second kappa shape index (κ2) is 8.70. The average Bonchev–Trinajstić information content (AvgIpc) is 2.73. The van der Waals surface area contributed by atoms with E-state index in [1.165, 1.54) is 30.5 Å². The Hall–Kier alpha value is -3.79. The minimum atomic E-state index is -2.70. The van der Waals surface area contributed by atoms with Crippen LogP contribution in [0.25, 0.3) is 11.1 Å². The highest BCUT2D eigenvalue weighted by Gasteiger charge is 2.19. The number of benzene rings is 2. The Morgan fingerprint density at radius 2 is 1.90 bits per heavy atom. The molecule has 0 fully saturated rings. The van der Waals surface area contributed by atoms with Gasteiger partial charge in [-0.25, -0.2) is 13.6 Å². The van der Waals surface area contributed by atoms with Crippen molar-refractivity contribution in [3.05, 3.63) is 92.9 Å². The number of nitriles is 1. The molecule has 0 aliphatic heterocycles. The number of rotatable bonds is 6. The Labute approximate surface area is 171 Å². The van der Waals surface area contributed by atoms with Gasteiger partial charge < -0.3 is 9.67 Å². The topological polar surface area (TPSA) is 83.1 Å². The maximum absolute atomic E-state index is 13.1. The molecule has 1 aromatic heterocycles. The molecule has 0 radical (unpaired) electrons. The minimum Gasteiger partial charge on any atom is -0.477 e. The molecule has 2 aromatic carbocycles. The van der Waals surface area contributed by atoms with Crippen molar-refractivity contribution >= 4 is 5.97 Å². The quantitative estimate of drug-likeness (QED) is 0.647. The summed E-state index contributed by atoms with van der Waals surface area (Å²) in [5, 5.41) is 18.4. The zero-order chi connectivity index (χ0) is 21.8. The van der Waals surface area contributed by atoms with Gasteiger partial charge in [0.05, 0.1) is 11.6 Å². The number of hydrogen-bond donors (Lipinski definition) is 1. The van der Waals surface area contributed by atoms with Crippen molar-refractivity contribution in [2.75, 3.05) is 0 Å². The smallest absolute Gasteiger partial charge is 0.341 e. The summed E-state index contributed by atoms with van der Waals surface area (Å²) in [5.74, 6) is -1.38. The number of halogens is 2. The number of pyridine rings is 1. The maximum atomic E-state index is 13.1. The fraction of sp³-hybridized carbons (Fsp3) is 0.174. The highest BCUT2D eigenvalue weighted by molar-refractivity contribution is 5.89. The van der Waals surface area contributed by atoms with Crippen LogP contribution in [0, 0.1) is 18.3 Å². The molecule has 1 heterocycles. The third kappa shape index (κ3) is 4.28. The highest BCUT2D eigenvalue weighted by Crippen LogP contribution is 2.26. The molecule has 1 N–H and O–H groups in total. The lowest BCUT2D eigenvalue weighted by molar-refractivity contribution is 0.0694. The Kier molecular flexibility index (Phi) is 6.07. The van der Waals surface area contributed by atoms with Crippen LogP contribution >= 0.6 is 0 Å². The normalized spacial score (nSPS) is 10.8.